The minimum Gasteiger partial charge on any atom is -0.495 e. The Kier molecular flexibility index (Phi) is 9.75. The number of carbonyl (C=O) groups excluding carboxylic acids is 2. The fourth-order valence-electron chi connectivity index (χ4n) is 7.50. The van der Waals surface area contributed by atoms with E-state index in [1.54, 1.807) is 31.3 Å². The van der Waals surface area contributed by atoms with Gasteiger partial charge in [-0.25, -0.2) is 4.98 Å². The number of aromatic nitrogens is 2. The Morgan fingerprint density at radius 2 is 1.73 bits per heavy atom. The van der Waals surface area contributed by atoms with E-state index in [0.717, 1.165) is 56.3 Å². The molecule has 0 spiro atoms. The zero-order valence-corrected chi connectivity index (χ0v) is 27.3. The molecule has 2 amide bonds. The average Bonchev–Trinajstić information content (AvgIpc) is 3.74. The fraction of sp³-hybridized carbons (Fsp3) is 0.647. The predicted molar refractivity (Wildman–Crippen MR) is 178 cm³/mol. The van der Waals surface area contributed by atoms with Gasteiger partial charge in [0.1, 0.15) is 11.4 Å². The number of rotatable bonds is 9. The van der Waals surface area contributed by atoms with E-state index in [9.17, 15) is 9.59 Å². The Balaban J connectivity index is 0.00000175. The second kappa shape index (κ2) is 13.9. The van der Waals surface area contributed by atoms with Crippen LogP contribution in [-0.2, 0) is 4.79 Å². The Morgan fingerprint density at radius 1 is 1.02 bits per heavy atom. The van der Waals surface area contributed by atoms with E-state index in [1.165, 1.54) is 38.5 Å². The zero-order chi connectivity index (χ0) is 31.5. The van der Waals surface area contributed by atoms with E-state index in [4.69, 9.17) is 9.72 Å². The third kappa shape index (κ3) is 6.74. The quantitative estimate of drug-likeness (QED) is 0.375. The summed E-state index contributed by atoms with van der Waals surface area (Å²) in [6.07, 6.45) is 13.4. The number of benzene rings is 1. The normalized spacial score (nSPS) is 23.6. The molecule has 1 aromatic carbocycles. The second-order valence-electron chi connectivity index (χ2n) is 12.9. The average molecular weight is 619 g/mol. The minimum absolute atomic E-state index is 0.0543. The molecule has 0 bridgehead atoms. The molecule has 1 aromatic heterocycles. The van der Waals surface area contributed by atoms with Crippen molar-refractivity contribution >= 4 is 35.0 Å². The third-order valence-corrected chi connectivity index (χ3v) is 10.1. The van der Waals surface area contributed by atoms with Crippen LogP contribution in [0.25, 0.3) is 0 Å². The number of amides is 2. The summed E-state index contributed by atoms with van der Waals surface area (Å²) in [5.74, 6) is 1.73. The van der Waals surface area contributed by atoms with Gasteiger partial charge in [-0.15, -0.1) is 0 Å². The highest BCUT2D eigenvalue weighted by molar-refractivity contribution is 6.02. The van der Waals surface area contributed by atoms with Crippen molar-refractivity contribution in [3.63, 3.8) is 0 Å². The van der Waals surface area contributed by atoms with Gasteiger partial charge in [-0.3, -0.25) is 14.5 Å². The number of fused-ring (bicyclic) bond motifs is 1. The molecular weight excluding hydrogens is 568 g/mol. The van der Waals surface area contributed by atoms with Gasteiger partial charge in [0.2, 0.25) is 11.9 Å². The Bertz CT molecular complexity index is 1350. The lowest BCUT2D eigenvalue weighted by Gasteiger charge is -2.48. The molecule has 45 heavy (non-hydrogen) atoms. The molecule has 4 fully saturated rings. The van der Waals surface area contributed by atoms with E-state index in [1.807, 2.05) is 26.0 Å². The molecule has 3 saturated carbocycles. The van der Waals surface area contributed by atoms with E-state index >= 15 is 0 Å². The van der Waals surface area contributed by atoms with Crippen LogP contribution in [0.1, 0.15) is 88.4 Å². The molecule has 2 aromatic rings. The van der Waals surface area contributed by atoms with E-state index in [0.29, 0.717) is 47.6 Å². The number of piperidine rings is 1. The molecule has 1 saturated heterocycles. The van der Waals surface area contributed by atoms with Crippen molar-refractivity contribution in [1.82, 2.24) is 25.5 Å². The maximum Gasteiger partial charge on any atom is 0.251 e. The van der Waals surface area contributed by atoms with Gasteiger partial charge in [0.25, 0.3) is 5.91 Å². The minimum atomic E-state index is -0.0712. The molecule has 5 aliphatic rings. The Morgan fingerprint density at radius 3 is 2.42 bits per heavy atom. The van der Waals surface area contributed by atoms with Crippen molar-refractivity contribution in [2.45, 2.75) is 108 Å². The molecule has 0 unspecified atom stereocenters. The summed E-state index contributed by atoms with van der Waals surface area (Å²) in [5.41, 5.74) is 1.97. The van der Waals surface area contributed by atoms with Crippen molar-refractivity contribution in [2.24, 2.45) is 0 Å². The maximum absolute atomic E-state index is 13.2. The second-order valence-corrected chi connectivity index (χ2v) is 12.9. The summed E-state index contributed by atoms with van der Waals surface area (Å²) in [6.45, 7) is 6.56. The first-order valence-corrected chi connectivity index (χ1v) is 17.1. The molecule has 3 heterocycles. The van der Waals surface area contributed by atoms with Gasteiger partial charge in [0.15, 0.2) is 5.82 Å². The van der Waals surface area contributed by atoms with Crippen LogP contribution >= 0.6 is 0 Å². The number of likely N-dealkylation sites (N-methyl/N-ethyl adjacent to an activating group) is 1. The van der Waals surface area contributed by atoms with Crippen molar-refractivity contribution in [2.75, 3.05) is 48.9 Å². The van der Waals surface area contributed by atoms with Crippen LogP contribution in [0.15, 0.2) is 24.4 Å². The summed E-state index contributed by atoms with van der Waals surface area (Å²) >= 11 is 0. The van der Waals surface area contributed by atoms with Gasteiger partial charge in [-0.05, 0) is 82.7 Å². The molecule has 3 N–H and O–H groups in total. The smallest absolute Gasteiger partial charge is 0.251 e. The van der Waals surface area contributed by atoms with Crippen LogP contribution in [0.5, 0.6) is 5.75 Å². The topological polar surface area (TPSA) is 115 Å². The first-order chi connectivity index (χ1) is 22.0. The Hall–Kier alpha value is -3.44. The molecule has 2 aliphatic heterocycles. The van der Waals surface area contributed by atoms with E-state index in [2.05, 4.69) is 30.7 Å². The molecule has 11 heteroatoms. The fourth-order valence-corrected chi connectivity index (χ4v) is 7.50. The Labute approximate surface area is 267 Å². The van der Waals surface area contributed by atoms with Crippen molar-refractivity contribution in [3.05, 3.63) is 30.0 Å². The highest BCUT2D eigenvalue weighted by Crippen LogP contribution is 2.40. The van der Waals surface area contributed by atoms with Gasteiger partial charge in [-0.2, -0.15) is 4.98 Å². The number of ether oxygens (including phenoxy) is 1. The van der Waals surface area contributed by atoms with Crippen LogP contribution in [-0.4, -0.2) is 90.7 Å². The lowest BCUT2D eigenvalue weighted by atomic mass is 9.83. The number of anilines is 4. The highest BCUT2D eigenvalue weighted by Gasteiger charge is 2.44. The van der Waals surface area contributed by atoms with Gasteiger partial charge in [0.05, 0.1) is 25.5 Å². The summed E-state index contributed by atoms with van der Waals surface area (Å²) in [6, 6.07) is 7.99. The molecule has 3 aliphatic carbocycles. The molecule has 0 radical (unpaired) electrons. The number of hydrogen-bond donors (Lipinski definition) is 3. The van der Waals surface area contributed by atoms with Crippen LogP contribution < -0.4 is 30.5 Å². The molecule has 7 rings (SSSR count). The van der Waals surface area contributed by atoms with E-state index < -0.39 is 0 Å². The third-order valence-electron chi connectivity index (χ3n) is 10.1. The maximum atomic E-state index is 13.2. The van der Waals surface area contributed by atoms with Crippen molar-refractivity contribution < 1.29 is 14.3 Å². The standard InChI is InChI=1S/C32H44N8O3.C2H6/c1-38-27-18-34-32(37-30(27)39(19-29(38)41)22-5-3-4-6-22)36-26-10-7-20(15-28(26)43-2)31(42)35-21-16-25(17-21)40(23-8-9-23)24-11-13-33-14-12-24;1-2/h7,10,15,18,21-25,33H,3-6,8-9,11-14,16-17,19H2,1-2H3,(H,35,42)(H,34,36,37);1-2H3. The summed E-state index contributed by atoms with van der Waals surface area (Å²) < 4.78 is 5.68. The predicted octanol–water partition coefficient (Wildman–Crippen LogP) is 4.46. The molecule has 11 nitrogen and oxygen atoms in total. The number of nitrogens with one attached hydrogen (secondary N) is 3. The van der Waals surface area contributed by atoms with Crippen LogP contribution in [0.3, 0.4) is 0 Å². The lowest BCUT2D eigenvalue weighted by molar-refractivity contribution is -0.117. The number of nitrogens with zero attached hydrogens (tertiary/aromatic N) is 5. The first-order valence-electron chi connectivity index (χ1n) is 17.1. The van der Waals surface area contributed by atoms with Gasteiger partial charge in [0, 0.05) is 42.8 Å². The summed E-state index contributed by atoms with van der Waals surface area (Å²) in [4.78, 5) is 41.8. The zero-order valence-electron chi connectivity index (χ0n) is 27.3. The lowest BCUT2D eigenvalue weighted by Crippen LogP contribution is -2.58. The van der Waals surface area contributed by atoms with Crippen molar-refractivity contribution in [3.8, 4) is 5.75 Å². The SMILES string of the molecule is CC.COc1cc(C(=O)NC2CC(N(C3CCNCC3)C3CC3)C2)ccc1Nc1ncc2c(n1)N(C1CCCC1)CC(=O)N2C. The largest absolute Gasteiger partial charge is 0.495 e. The monoisotopic (exact) mass is 618 g/mol. The van der Waals surface area contributed by atoms with Gasteiger partial charge >= 0.3 is 0 Å². The highest BCUT2D eigenvalue weighted by atomic mass is 16.5. The summed E-state index contributed by atoms with van der Waals surface area (Å²) in [5, 5.41) is 10.0. The number of hydrogen-bond acceptors (Lipinski definition) is 9. The van der Waals surface area contributed by atoms with Crippen LogP contribution in [0.2, 0.25) is 0 Å². The van der Waals surface area contributed by atoms with E-state index in [-0.39, 0.29) is 17.9 Å². The summed E-state index contributed by atoms with van der Waals surface area (Å²) in [7, 11) is 3.37. The molecule has 244 valence electrons. The van der Waals surface area contributed by atoms with Gasteiger partial charge < -0.3 is 30.5 Å². The van der Waals surface area contributed by atoms with Crippen LogP contribution in [0.4, 0.5) is 23.1 Å². The van der Waals surface area contributed by atoms with Gasteiger partial charge in [-0.1, -0.05) is 26.7 Å². The molecule has 0 atom stereocenters. The van der Waals surface area contributed by atoms with Crippen LogP contribution in [0, 0.1) is 0 Å². The van der Waals surface area contributed by atoms with Crippen molar-refractivity contribution in [1.29, 1.82) is 0 Å². The number of carbonyl (C=O) groups is 2. The molecular formula is C34H50N8O3. The number of methoxy groups -OCH3 is 1. The first kappa shape index (κ1) is 31.5.